The van der Waals surface area contributed by atoms with Crippen LogP contribution >= 0.6 is 0 Å². The van der Waals surface area contributed by atoms with Gasteiger partial charge in [-0.3, -0.25) is 4.79 Å². The Morgan fingerprint density at radius 1 is 1.40 bits per heavy atom. The highest BCUT2D eigenvalue weighted by Gasteiger charge is 2.17. The number of aromatic nitrogens is 1. The van der Waals surface area contributed by atoms with E-state index in [2.05, 4.69) is 24.1 Å². The second kappa shape index (κ2) is 5.29. The molecule has 1 atom stereocenters. The molecule has 0 spiro atoms. The standard InChI is InChI=1S/C16H20N2O2/c1-10-11(2)17-15-6-5-12(8-14(10)15)16(19)18-13-4-3-7-20-9-13/h5-6,8,13,17H,3-4,7,9H2,1-2H3,(H,18,19). The number of carbonyl (C=O) groups excluding carboxylic acids is 1. The first-order valence-electron chi connectivity index (χ1n) is 7.12. The lowest BCUT2D eigenvalue weighted by Crippen LogP contribution is -2.40. The Morgan fingerprint density at radius 3 is 3.00 bits per heavy atom. The molecule has 1 unspecified atom stereocenters. The lowest BCUT2D eigenvalue weighted by molar-refractivity contribution is 0.0624. The van der Waals surface area contributed by atoms with Crippen molar-refractivity contribution in [1.29, 1.82) is 0 Å². The zero-order valence-electron chi connectivity index (χ0n) is 12.0. The van der Waals surface area contributed by atoms with Crippen LogP contribution in [0.5, 0.6) is 0 Å². The van der Waals surface area contributed by atoms with Crippen molar-refractivity contribution in [1.82, 2.24) is 10.3 Å². The van der Waals surface area contributed by atoms with Crippen LogP contribution in [0.3, 0.4) is 0 Å². The van der Waals surface area contributed by atoms with Crippen LogP contribution in [0.4, 0.5) is 0 Å². The van der Waals surface area contributed by atoms with Crippen molar-refractivity contribution in [2.24, 2.45) is 0 Å². The predicted octanol–water partition coefficient (Wildman–Crippen LogP) is 2.69. The highest BCUT2D eigenvalue weighted by Crippen LogP contribution is 2.22. The van der Waals surface area contributed by atoms with Gasteiger partial charge in [-0.15, -0.1) is 0 Å². The van der Waals surface area contributed by atoms with E-state index in [9.17, 15) is 4.79 Å². The summed E-state index contributed by atoms with van der Waals surface area (Å²) in [5, 5.41) is 4.17. The molecular formula is C16H20N2O2. The minimum Gasteiger partial charge on any atom is -0.379 e. The first-order chi connectivity index (χ1) is 9.65. The molecule has 106 valence electrons. The Morgan fingerprint density at radius 2 is 2.25 bits per heavy atom. The Balaban J connectivity index is 1.82. The van der Waals surface area contributed by atoms with Gasteiger partial charge < -0.3 is 15.0 Å². The fourth-order valence-electron chi connectivity index (χ4n) is 2.73. The molecule has 3 rings (SSSR count). The number of aromatic amines is 1. The largest absolute Gasteiger partial charge is 0.379 e. The molecule has 1 saturated heterocycles. The summed E-state index contributed by atoms with van der Waals surface area (Å²) in [7, 11) is 0. The van der Waals surface area contributed by atoms with Crippen LogP contribution in [0.2, 0.25) is 0 Å². The summed E-state index contributed by atoms with van der Waals surface area (Å²) >= 11 is 0. The van der Waals surface area contributed by atoms with Crippen LogP contribution in [0, 0.1) is 13.8 Å². The summed E-state index contributed by atoms with van der Waals surface area (Å²) in [6.45, 7) is 5.55. The van der Waals surface area contributed by atoms with E-state index in [1.807, 2.05) is 18.2 Å². The van der Waals surface area contributed by atoms with Crippen LogP contribution < -0.4 is 5.32 Å². The lowest BCUT2D eigenvalue weighted by atomic mass is 10.1. The topological polar surface area (TPSA) is 54.1 Å². The van der Waals surface area contributed by atoms with Gasteiger partial charge >= 0.3 is 0 Å². The number of fused-ring (bicyclic) bond motifs is 1. The molecule has 1 fully saturated rings. The predicted molar refractivity (Wildman–Crippen MR) is 79.1 cm³/mol. The Hall–Kier alpha value is -1.81. The van der Waals surface area contributed by atoms with Crippen molar-refractivity contribution in [2.75, 3.05) is 13.2 Å². The summed E-state index contributed by atoms with van der Waals surface area (Å²) < 4.78 is 5.39. The van der Waals surface area contributed by atoms with E-state index in [1.54, 1.807) is 0 Å². The maximum Gasteiger partial charge on any atom is 0.251 e. The first-order valence-corrected chi connectivity index (χ1v) is 7.12. The summed E-state index contributed by atoms with van der Waals surface area (Å²) in [6.07, 6.45) is 2.01. The van der Waals surface area contributed by atoms with E-state index >= 15 is 0 Å². The average Bonchev–Trinajstić information content (AvgIpc) is 2.75. The number of benzene rings is 1. The third-order valence-electron chi connectivity index (χ3n) is 4.07. The second-order valence-corrected chi connectivity index (χ2v) is 5.52. The molecule has 0 aliphatic carbocycles. The minimum absolute atomic E-state index is 0.0133. The van der Waals surface area contributed by atoms with Crippen LogP contribution in [-0.2, 0) is 4.74 Å². The van der Waals surface area contributed by atoms with Crippen molar-refractivity contribution >= 4 is 16.8 Å². The number of aryl methyl sites for hydroxylation is 2. The Kier molecular flexibility index (Phi) is 3.49. The molecule has 20 heavy (non-hydrogen) atoms. The van der Waals surface area contributed by atoms with E-state index in [0.717, 1.165) is 36.0 Å². The highest BCUT2D eigenvalue weighted by molar-refractivity contribution is 5.99. The smallest absolute Gasteiger partial charge is 0.251 e. The third-order valence-corrected chi connectivity index (χ3v) is 4.07. The van der Waals surface area contributed by atoms with E-state index in [1.165, 1.54) is 5.56 Å². The molecule has 2 heterocycles. The van der Waals surface area contributed by atoms with E-state index in [-0.39, 0.29) is 11.9 Å². The molecule has 4 nitrogen and oxygen atoms in total. The number of carbonyl (C=O) groups is 1. The maximum absolute atomic E-state index is 12.3. The number of amides is 1. The maximum atomic E-state index is 12.3. The minimum atomic E-state index is -0.0133. The molecule has 1 aliphatic rings. The van der Waals surface area contributed by atoms with Gasteiger partial charge in [-0.1, -0.05) is 0 Å². The van der Waals surface area contributed by atoms with Gasteiger partial charge in [-0.2, -0.15) is 0 Å². The lowest BCUT2D eigenvalue weighted by Gasteiger charge is -2.23. The van der Waals surface area contributed by atoms with E-state index < -0.39 is 0 Å². The molecule has 2 N–H and O–H groups in total. The number of rotatable bonds is 2. The Labute approximate surface area is 118 Å². The average molecular weight is 272 g/mol. The van der Waals surface area contributed by atoms with Gasteiger partial charge in [0, 0.05) is 28.8 Å². The second-order valence-electron chi connectivity index (χ2n) is 5.52. The van der Waals surface area contributed by atoms with Crippen molar-refractivity contribution in [2.45, 2.75) is 32.7 Å². The molecule has 2 aromatic rings. The fraction of sp³-hybridized carbons (Fsp3) is 0.438. The molecular weight excluding hydrogens is 252 g/mol. The summed E-state index contributed by atoms with van der Waals surface area (Å²) in [6, 6.07) is 5.95. The van der Waals surface area contributed by atoms with Crippen LogP contribution in [-0.4, -0.2) is 30.1 Å². The van der Waals surface area contributed by atoms with Crippen molar-refractivity contribution in [3.05, 3.63) is 35.0 Å². The highest BCUT2D eigenvalue weighted by atomic mass is 16.5. The van der Waals surface area contributed by atoms with Gasteiger partial charge in [-0.25, -0.2) is 0 Å². The van der Waals surface area contributed by atoms with Crippen molar-refractivity contribution in [3.8, 4) is 0 Å². The van der Waals surface area contributed by atoms with Crippen LogP contribution in [0.15, 0.2) is 18.2 Å². The van der Waals surface area contributed by atoms with Gasteiger partial charge in [0.1, 0.15) is 0 Å². The zero-order chi connectivity index (χ0) is 14.1. The number of hydrogen-bond acceptors (Lipinski definition) is 2. The number of H-pyrrole nitrogens is 1. The quantitative estimate of drug-likeness (QED) is 0.883. The fourth-order valence-corrected chi connectivity index (χ4v) is 2.73. The molecule has 4 heteroatoms. The molecule has 1 aliphatic heterocycles. The van der Waals surface area contributed by atoms with E-state index in [4.69, 9.17) is 4.74 Å². The number of nitrogens with one attached hydrogen (secondary N) is 2. The SMILES string of the molecule is Cc1[nH]c2ccc(C(=O)NC3CCCOC3)cc2c1C. The van der Waals surface area contributed by atoms with Gasteiger partial charge in [0.2, 0.25) is 0 Å². The van der Waals surface area contributed by atoms with E-state index in [0.29, 0.717) is 12.2 Å². The van der Waals surface area contributed by atoms with Gasteiger partial charge in [0.15, 0.2) is 0 Å². The molecule has 0 radical (unpaired) electrons. The first kappa shape index (κ1) is 13.2. The summed E-state index contributed by atoms with van der Waals surface area (Å²) in [4.78, 5) is 15.6. The normalized spacial score (nSPS) is 19.2. The summed E-state index contributed by atoms with van der Waals surface area (Å²) in [5.41, 5.74) is 4.15. The molecule has 0 bridgehead atoms. The Bertz CT molecular complexity index is 639. The number of ether oxygens (including phenoxy) is 1. The van der Waals surface area contributed by atoms with Crippen LogP contribution in [0.25, 0.3) is 10.9 Å². The van der Waals surface area contributed by atoms with Crippen molar-refractivity contribution in [3.63, 3.8) is 0 Å². The van der Waals surface area contributed by atoms with Crippen LogP contribution in [0.1, 0.15) is 34.5 Å². The zero-order valence-corrected chi connectivity index (χ0v) is 12.0. The van der Waals surface area contributed by atoms with Gasteiger partial charge in [-0.05, 0) is 50.5 Å². The monoisotopic (exact) mass is 272 g/mol. The molecule has 1 amide bonds. The molecule has 1 aromatic carbocycles. The number of hydrogen-bond donors (Lipinski definition) is 2. The van der Waals surface area contributed by atoms with Gasteiger partial charge in [0.05, 0.1) is 12.6 Å². The molecule has 0 saturated carbocycles. The summed E-state index contributed by atoms with van der Waals surface area (Å²) in [5.74, 6) is -0.0133. The third kappa shape index (κ3) is 2.43. The van der Waals surface area contributed by atoms with Gasteiger partial charge in [0.25, 0.3) is 5.91 Å². The molecule has 1 aromatic heterocycles. The van der Waals surface area contributed by atoms with Crippen molar-refractivity contribution < 1.29 is 9.53 Å².